The van der Waals surface area contributed by atoms with Crippen molar-refractivity contribution in [3.63, 3.8) is 0 Å². The molecular weight excluding hydrogens is 529 g/mol. The van der Waals surface area contributed by atoms with Crippen molar-refractivity contribution in [1.29, 1.82) is 0 Å². The topological polar surface area (TPSA) is 131 Å². The zero-order valence-corrected chi connectivity index (χ0v) is 23.3. The van der Waals surface area contributed by atoms with Crippen molar-refractivity contribution >= 4 is 13.6 Å². The van der Waals surface area contributed by atoms with Gasteiger partial charge in [0.05, 0.1) is 46.1 Å². The first-order valence-corrected chi connectivity index (χ1v) is 14.7. The molecule has 12 heteroatoms. The highest BCUT2D eigenvalue weighted by Gasteiger charge is 2.52. The van der Waals surface area contributed by atoms with Crippen LogP contribution in [0.5, 0.6) is 28.7 Å². The van der Waals surface area contributed by atoms with Gasteiger partial charge in [0.2, 0.25) is 12.5 Å². The molecule has 3 aliphatic rings. The number of ether oxygens (including phenoxy) is 5. The molecule has 0 spiro atoms. The van der Waals surface area contributed by atoms with Crippen molar-refractivity contribution in [3.05, 3.63) is 41.0 Å². The molecule has 0 unspecified atom stereocenters. The van der Waals surface area contributed by atoms with Gasteiger partial charge in [0.1, 0.15) is 0 Å². The highest BCUT2D eigenvalue weighted by molar-refractivity contribution is 7.53. The minimum Gasteiger partial charge on any atom is -0.502 e. The second-order valence-electron chi connectivity index (χ2n) is 9.51. The summed E-state index contributed by atoms with van der Waals surface area (Å²) in [5.41, 5.74) is 2.49. The number of phenolic OH excluding ortho intramolecular Hbond substituents is 1. The summed E-state index contributed by atoms with van der Waals surface area (Å²) in [5, 5.41) is 14.0. The molecule has 1 aliphatic carbocycles. The highest BCUT2D eigenvalue weighted by atomic mass is 31.2. The lowest BCUT2D eigenvalue weighted by Gasteiger charge is -2.39. The van der Waals surface area contributed by atoms with Gasteiger partial charge in [-0.15, -0.1) is 0 Å². The first-order chi connectivity index (χ1) is 18.8. The van der Waals surface area contributed by atoms with Gasteiger partial charge in [-0.3, -0.25) is 9.36 Å². The first-order valence-electron chi connectivity index (χ1n) is 13.0. The molecule has 0 radical (unpaired) electrons. The number of rotatable bonds is 11. The van der Waals surface area contributed by atoms with Crippen molar-refractivity contribution < 1.29 is 47.2 Å². The molecule has 2 aromatic rings. The van der Waals surface area contributed by atoms with Gasteiger partial charge in [-0.1, -0.05) is 0 Å². The first kappa shape index (κ1) is 27.6. The molecule has 1 saturated heterocycles. The van der Waals surface area contributed by atoms with E-state index in [0.29, 0.717) is 18.0 Å². The standard InChI is InChI=1S/C27H34NO10P/c1-5-37-39(31,38-6-2)8-7-28-25-17-12-20-19(35-14-36-20)11-16(17)23(24-18(25)13-34-27(24)30)15-9-21(32-3)26(29)22(10-15)33-4/h9-12,18,23-25,28-29H,5-8,13-14H2,1-4H3/t18-,23+,24-,25+/m0/s1. The molecular formula is C27H34NO10P. The molecule has 212 valence electrons. The van der Waals surface area contributed by atoms with Crippen molar-refractivity contribution in [2.24, 2.45) is 11.8 Å². The maximum atomic E-state index is 13.3. The Bertz CT molecular complexity index is 1250. The van der Waals surface area contributed by atoms with E-state index in [1.165, 1.54) is 14.2 Å². The van der Waals surface area contributed by atoms with E-state index in [9.17, 15) is 14.5 Å². The molecule has 2 aliphatic heterocycles. The fraction of sp³-hybridized carbons (Fsp3) is 0.519. The number of phenols is 1. The maximum absolute atomic E-state index is 13.3. The van der Waals surface area contributed by atoms with Gasteiger partial charge in [0.25, 0.3) is 0 Å². The summed E-state index contributed by atoms with van der Waals surface area (Å²) in [6, 6.07) is 6.96. The number of benzene rings is 2. The second-order valence-corrected chi connectivity index (χ2v) is 11.7. The number of carbonyl (C=O) groups is 1. The number of fused-ring (bicyclic) bond motifs is 3. The third kappa shape index (κ3) is 5.04. The van der Waals surface area contributed by atoms with Crippen LogP contribution in [0.2, 0.25) is 0 Å². The molecule has 0 bridgehead atoms. The van der Waals surface area contributed by atoms with E-state index in [2.05, 4.69) is 5.32 Å². The van der Waals surface area contributed by atoms with Crippen LogP contribution in [0.4, 0.5) is 0 Å². The number of esters is 1. The molecule has 2 N–H and O–H groups in total. The number of aromatic hydroxyl groups is 1. The Morgan fingerprint density at radius 2 is 1.59 bits per heavy atom. The van der Waals surface area contributed by atoms with E-state index in [-0.39, 0.29) is 68.0 Å². The zero-order chi connectivity index (χ0) is 27.7. The lowest BCUT2D eigenvalue weighted by atomic mass is 9.65. The summed E-state index contributed by atoms with van der Waals surface area (Å²) in [7, 11) is -0.346. The predicted molar refractivity (Wildman–Crippen MR) is 140 cm³/mol. The van der Waals surface area contributed by atoms with Crippen LogP contribution in [0.1, 0.15) is 42.5 Å². The normalized spacial score (nSPS) is 23.2. The lowest BCUT2D eigenvalue weighted by Crippen LogP contribution is -2.41. The fourth-order valence-corrected chi connectivity index (χ4v) is 7.36. The van der Waals surface area contributed by atoms with E-state index in [4.69, 9.17) is 32.7 Å². The monoisotopic (exact) mass is 563 g/mol. The van der Waals surface area contributed by atoms with Crippen LogP contribution >= 0.6 is 7.60 Å². The number of hydrogen-bond acceptors (Lipinski definition) is 11. The summed E-state index contributed by atoms with van der Waals surface area (Å²) in [6.07, 6.45) is 0.174. The van der Waals surface area contributed by atoms with E-state index in [1.54, 1.807) is 26.0 Å². The van der Waals surface area contributed by atoms with Gasteiger partial charge in [0, 0.05) is 24.4 Å². The SMILES string of the molecule is CCOP(=O)(CCN[C@@H]1c2cc3c(cc2[C@@H](c2cc(OC)c(O)c(OC)c2)[C@H]2C(=O)OC[C@@H]21)OCO3)OCC. The third-order valence-corrected chi connectivity index (χ3v) is 9.52. The van der Waals surface area contributed by atoms with Gasteiger partial charge in [-0.2, -0.15) is 0 Å². The summed E-state index contributed by atoms with van der Waals surface area (Å²) >= 11 is 0. The Labute approximate surface area is 227 Å². The van der Waals surface area contributed by atoms with E-state index >= 15 is 0 Å². The van der Waals surface area contributed by atoms with Gasteiger partial charge in [0.15, 0.2) is 23.0 Å². The van der Waals surface area contributed by atoms with E-state index in [1.807, 2.05) is 12.1 Å². The van der Waals surface area contributed by atoms with Gasteiger partial charge in [-0.05, 0) is 54.8 Å². The van der Waals surface area contributed by atoms with Gasteiger partial charge >= 0.3 is 13.6 Å². The van der Waals surface area contributed by atoms with Crippen LogP contribution in [0.15, 0.2) is 24.3 Å². The quantitative estimate of drug-likeness (QED) is 0.304. The molecule has 4 atom stereocenters. The molecule has 1 fully saturated rings. The van der Waals surface area contributed by atoms with E-state index in [0.717, 1.165) is 16.7 Å². The molecule has 39 heavy (non-hydrogen) atoms. The van der Waals surface area contributed by atoms with Gasteiger partial charge in [-0.25, -0.2) is 0 Å². The summed E-state index contributed by atoms with van der Waals surface area (Å²) in [6.45, 7) is 4.76. The molecule has 2 aromatic carbocycles. The highest BCUT2D eigenvalue weighted by Crippen LogP contribution is 2.56. The van der Waals surface area contributed by atoms with Crippen LogP contribution < -0.4 is 24.3 Å². The number of nitrogens with one attached hydrogen (secondary N) is 1. The molecule has 0 saturated carbocycles. The van der Waals surface area contributed by atoms with Crippen LogP contribution in [0, 0.1) is 11.8 Å². The number of hydrogen-bond donors (Lipinski definition) is 2. The number of carbonyl (C=O) groups excluding carboxylic acids is 1. The Morgan fingerprint density at radius 3 is 2.18 bits per heavy atom. The van der Waals surface area contributed by atoms with Crippen molar-refractivity contribution in [3.8, 4) is 28.7 Å². The summed E-state index contributed by atoms with van der Waals surface area (Å²) in [5.74, 6) is 0.00256. The molecule has 11 nitrogen and oxygen atoms in total. The predicted octanol–water partition coefficient (Wildman–Crippen LogP) is 3.97. The molecule has 0 aromatic heterocycles. The Kier molecular flexibility index (Phi) is 7.96. The Balaban J connectivity index is 1.58. The maximum Gasteiger partial charge on any atom is 0.331 e. The Morgan fingerprint density at radius 1 is 0.974 bits per heavy atom. The molecule has 2 heterocycles. The average molecular weight is 564 g/mol. The number of methoxy groups -OCH3 is 2. The smallest absolute Gasteiger partial charge is 0.331 e. The summed E-state index contributed by atoms with van der Waals surface area (Å²) in [4.78, 5) is 13.3. The van der Waals surface area contributed by atoms with Crippen molar-refractivity contribution in [1.82, 2.24) is 5.32 Å². The van der Waals surface area contributed by atoms with E-state index < -0.39 is 19.4 Å². The zero-order valence-electron chi connectivity index (χ0n) is 22.4. The lowest BCUT2D eigenvalue weighted by molar-refractivity contribution is -0.141. The second kappa shape index (κ2) is 11.3. The van der Waals surface area contributed by atoms with Gasteiger partial charge < -0.3 is 43.2 Å². The average Bonchev–Trinajstić information content (AvgIpc) is 3.54. The van der Waals surface area contributed by atoms with Crippen LogP contribution in [0.25, 0.3) is 0 Å². The van der Waals surface area contributed by atoms with Crippen molar-refractivity contribution in [2.45, 2.75) is 25.8 Å². The van der Waals surface area contributed by atoms with Crippen molar-refractivity contribution in [2.75, 3.05) is 53.5 Å². The third-order valence-electron chi connectivity index (χ3n) is 7.45. The molecule has 5 rings (SSSR count). The molecule has 0 amide bonds. The number of cyclic esters (lactones) is 1. The summed E-state index contributed by atoms with van der Waals surface area (Å²) < 4.78 is 51.8. The largest absolute Gasteiger partial charge is 0.502 e. The van der Waals surface area contributed by atoms with Crippen LogP contribution in [0.3, 0.4) is 0 Å². The minimum atomic E-state index is -3.26. The Hall–Kier alpha value is -2.98. The van der Waals surface area contributed by atoms with Crippen LogP contribution in [-0.4, -0.2) is 64.6 Å². The minimum absolute atomic E-state index is 0.0998. The fourth-order valence-electron chi connectivity index (χ4n) is 5.83. The van der Waals surface area contributed by atoms with Crippen LogP contribution in [-0.2, 0) is 23.1 Å².